The molecule has 0 saturated carbocycles. The van der Waals surface area contributed by atoms with Crippen molar-refractivity contribution in [3.05, 3.63) is 48.2 Å². The minimum atomic E-state index is -0.976. The van der Waals surface area contributed by atoms with Gasteiger partial charge in [-0.05, 0) is 32.1 Å². The number of carbonyl (C=O) groups excluding carboxylic acids is 4. The Hall–Kier alpha value is -3.24. The van der Waals surface area contributed by atoms with Crippen LogP contribution in [-0.4, -0.2) is 137 Å². The molecule has 14 nitrogen and oxygen atoms in total. The highest BCUT2D eigenvalue weighted by atomic mass is 16.6. The van der Waals surface area contributed by atoms with E-state index in [0.29, 0.717) is 45.1 Å². The van der Waals surface area contributed by atoms with E-state index in [1.165, 1.54) is 17.9 Å². The van der Waals surface area contributed by atoms with Crippen molar-refractivity contribution >= 4 is 24.1 Å². The molecule has 0 aromatic rings. The zero-order chi connectivity index (χ0) is 45.4. The van der Waals surface area contributed by atoms with E-state index in [1.54, 1.807) is 60.8 Å². The standard InChI is InChI=1S/C47H75NO13/c1-29-16-19-36(54-9)24-37-14-13-15-38(60-37)25-41(56-11)47(27-58-47)42(57-12)26-40(55-10)33(5)46(61-43(52)21-17-29)34(6)44(53)30(2)18-20-39(51)32(4)45(59-35(7)50)31(3)22-23-48(8)28-49/h13-14,16-17,21-23,28,30-34,36-38,40-42,44-46,53H,15,18-20,24-27H2,1-12H3/b21-17?,23-22+,29-16-/t30-,31+,32-,33-,34-,36-,37-,38-,40+,41-,42-,44-,45+,46-,47-/m0/s1. The van der Waals surface area contributed by atoms with E-state index in [9.17, 15) is 24.3 Å². The molecule has 0 aromatic carbocycles. The normalized spacial score (nSPS) is 33.0. The summed E-state index contributed by atoms with van der Waals surface area (Å²) in [6, 6.07) is 0. The highest BCUT2D eigenvalue weighted by Crippen LogP contribution is 2.43. The molecule has 1 N–H and O–H groups in total. The van der Waals surface area contributed by atoms with Crippen LogP contribution in [0.5, 0.6) is 0 Å². The fraction of sp³-hybridized carbons (Fsp3) is 0.745. The number of allylic oxidation sites excluding steroid dienone is 2. The first kappa shape index (κ1) is 52.1. The predicted molar refractivity (Wildman–Crippen MR) is 230 cm³/mol. The highest BCUT2D eigenvalue weighted by molar-refractivity contribution is 5.83. The molecule has 15 atom stereocenters. The number of carbonyl (C=O) groups is 4. The highest BCUT2D eigenvalue weighted by Gasteiger charge is 2.59. The average Bonchev–Trinajstić information content (AvgIpc) is 4.06. The van der Waals surface area contributed by atoms with Crippen LogP contribution in [0.3, 0.4) is 0 Å². The van der Waals surface area contributed by atoms with Gasteiger partial charge in [-0.15, -0.1) is 0 Å². The van der Waals surface area contributed by atoms with Gasteiger partial charge < -0.3 is 47.9 Å². The number of hydrogen-bond donors (Lipinski definition) is 1. The van der Waals surface area contributed by atoms with E-state index in [4.69, 9.17) is 37.9 Å². The summed E-state index contributed by atoms with van der Waals surface area (Å²) in [6.07, 6.45) is 12.6. The van der Waals surface area contributed by atoms with Crippen molar-refractivity contribution in [3.8, 4) is 0 Å². The molecule has 0 aromatic heterocycles. The lowest BCUT2D eigenvalue weighted by Gasteiger charge is -2.39. The molecule has 3 aliphatic heterocycles. The van der Waals surface area contributed by atoms with Gasteiger partial charge in [-0.3, -0.25) is 14.4 Å². The summed E-state index contributed by atoms with van der Waals surface area (Å²) < 4.78 is 48.8. The molecule has 0 unspecified atom stereocenters. The van der Waals surface area contributed by atoms with Gasteiger partial charge in [-0.1, -0.05) is 70.6 Å². The maximum absolute atomic E-state index is 13.6. The number of ether oxygens (including phenoxy) is 8. The van der Waals surface area contributed by atoms with Crippen molar-refractivity contribution in [2.24, 2.45) is 29.6 Å². The lowest BCUT2D eigenvalue weighted by Crippen LogP contribution is -2.50. The first-order valence-electron chi connectivity index (χ1n) is 21.8. The summed E-state index contributed by atoms with van der Waals surface area (Å²) in [5, 5.41) is 11.9. The van der Waals surface area contributed by atoms with Crippen LogP contribution in [0.2, 0.25) is 0 Å². The molecule has 14 heteroatoms. The van der Waals surface area contributed by atoms with E-state index in [0.717, 1.165) is 12.0 Å². The predicted octanol–water partition coefficient (Wildman–Crippen LogP) is 5.94. The molecule has 3 rings (SSSR count). The minimum absolute atomic E-state index is 0.0943. The van der Waals surface area contributed by atoms with E-state index in [2.05, 4.69) is 12.2 Å². The SMILES string of the molecule is CO[C@H]1C/C=C(/C)C=CC(=O)O[C@H]([C@@H](C)[C@@H](O)[C@@H](C)CCC(=O)[C@H](C)[C@H](OC(C)=O)[C@H](C)/C=C/N(C)C=O)[C@@H](C)[C@H](OC)C[C@H](OC)[C@]2(CO2)[C@@H](OC)C[C@@H]2CC=C[C@@H](C1)O2. The Morgan fingerprint density at radius 3 is 2.26 bits per heavy atom. The van der Waals surface area contributed by atoms with Crippen molar-refractivity contribution in [3.63, 3.8) is 0 Å². The van der Waals surface area contributed by atoms with Gasteiger partial charge in [0.15, 0.2) is 0 Å². The van der Waals surface area contributed by atoms with Gasteiger partial charge in [0.2, 0.25) is 6.41 Å². The first-order valence-corrected chi connectivity index (χ1v) is 21.8. The summed E-state index contributed by atoms with van der Waals surface area (Å²) in [6.45, 7) is 12.8. The third-order valence-corrected chi connectivity index (χ3v) is 12.9. The number of Topliss-reactive ketones (excluding diaryl/α,β-unsaturated/α-hetero) is 1. The molecule has 0 radical (unpaired) electrons. The number of epoxide rings is 1. The first-order chi connectivity index (χ1) is 28.9. The number of aliphatic hydroxyl groups is 1. The topological polar surface area (TPSA) is 169 Å². The third kappa shape index (κ3) is 15.2. The van der Waals surface area contributed by atoms with E-state index in [-0.39, 0.29) is 48.5 Å². The zero-order valence-corrected chi connectivity index (χ0v) is 38.7. The van der Waals surface area contributed by atoms with Crippen LogP contribution >= 0.6 is 0 Å². The number of fused-ring (bicyclic) bond motifs is 2. The Balaban J connectivity index is 1.89. The molecular weight excluding hydrogens is 787 g/mol. The fourth-order valence-corrected chi connectivity index (χ4v) is 8.79. The second-order valence-corrected chi connectivity index (χ2v) is 17.4. The number of hydrogen-bond acceptors (Lipinski definition) is 13. The average molecular weight is 862 g/mol. The second kappa shape index (κ2) is 25.2. The van der Waals surface area contributed by atoms with Crippen LogP contribution in [0.25, 0.3) is 0 Å². The molecule has 61 heavy (non-hydrogen) atoms. The van der Waals surface area contributed by atoms with Gasteiger partial charge in [0, 0.05) is 98.1 Å². The van der Waals surface area contributed by atoms with Crippen molar-refractivity contribution in [2.75, 3.05) is 42.1 Å². The van der Waals surface area contributed by atoms with Crippen LogP contribution in [0, 0.1) is 29.6 Å². The molecule has 2 bridgehead atoms. The lowest BCUT2D eigenvalue weighted by molar-refractivity contribution is -0.159. The number of cyclic esters (lactones) is 1. The third-order valence-electron chi connectivity index (χ3n) is 12.9. The molecule has 3 heterocycles. The van der Waals surface area contributed by atoms with E-state index in [1.807, 2.05) is 40.7 Å². The number of nitrogens with zero attached hydrogens (tertiary/aromatic N) is 1. The summed E-state index contributed by atoms with van der Waals surface area (Å²) in [5.74, 6) is -3.60. The van der Waals surface area contributed by atoms with Crippen molar-refractivity contribution < 1.29 is 62.2 Å². The second-order valence-electron chi connectivity index (χ2n) is 17.4. The van der Waals surface area contributed by atoms with Crippen LogP contribution in [0.15, 0.2) is 48.2 Å². The van der Waals surface area contributed by atoms with E-state index < -0.39 is 65.8 Å². The summed E-state index contributed by atoms with van der Waals surface area (Å²) in [7, 11) is 8.20. The maximum atomic E-state index is 13.6. The van der Waals surface area contributed by atoms with Crippen molar-refractivity contribution in [1.29, 1.82) is 0 Å². The van der Waals surface area contributed by atoms with Gasteiger partial charge in [-0.25, -0.2) is 4.79 Å². The van der Waals surface area contributed by atoms with Crippen LogP contribution in [-0.2, 0) is 57.1 Å². The zero-order valence-electron chi connectivity index (χ0n) is 38.7. The minimum Gasteiger partial charge on any atom is -0.461 e. The lowest BCUT2D eigenvalue weighted by atomic mass is 9.78. The monoisotopic (exact) mass is 862 g/mol. The summed E-state index contributed by atoms with van der Waals surface area (Å²) in [4.78, 5) is 51.7. The number of amides is 1. The van der Waals surface area contributed by atoms with Crippen LogP contribution < -0.4 is 0 Å². The number of aliphatic hydroxyl groups excluding tert-OH is 1. The van der Waals surface area contributed by atoms with Crippen molar-refractivity contribution in [1.82, 2.24) is 4.90 Å². The smallest absolute Gasteiger partial charge is 0.331 e. The number of esters is 2. The summed E-state index contributed by atoms with van der Waals surface area (Å²) in [5.41, 5.74) is 0.117. The molecule has 346 valence electrons. The molecule has 1 spiro atoms. The Morgan fingerprint density at radius 1 is 1.00 bits per heavy atom. The number of methoxy groups -OCH3 is 4. The number of rotatable bonds is 17. The fourth-order valence-electron chi connectivity index (χ4n) is 8.79. The van der Waals surface area contributed by atoms with Crippen molar-refractivity contribution in [2.45, 2.75) is 154 Å². The van der Waals surface area contributed by atoms with Crippen LogP contribution in [0.1, 0.15) is 93.4 Å². The molecule has 0 aliphatic carbocycles. The van der Waals surface area contributed by atoms with E-state index >= 15 is 0 Å². The maximum Gasteiger partial charge on any atom is 0.331 e. The molecule has 1 saturated heterocycles. The van der Waals surface area contributed by atoms with Gasteiger partial charge >= 0.3 is 11.9 Å². The van der Waals surface area contributed by atoms with Gasteiger partial charge in [0.05, 0.1) is 55.3 Å². The Morgan fingerprint density at radius 2 is 1.67 bits per heavy atom. The Kier molecular flexibility index (Phi) is 21.5. The molecule has 1 fully saturated rings. The Bertz CT molecular complexity index is 1520. The number of ketones is 1. The largest absolute Gasteiger partial charge is 0.461 e. The molecular formula is C47H75NO13. The molecule has 1 amide bonds. The van der Waals surface area contributed by atoms with Gasteiger partial charge in [0.25, 0.3) is 0 Å². The van der Waals surface area contributed by atoms with Gasteiger partial charge in [0.1, 0.15) is 23.6 Å². The molecule has 3 aliphatic rings. The van der Waals surface area contributed by atoms with Gasteiger partial charge in [-0.2, -0.15) is 0 Å². The Labute approximate surface area is 364 Å². The summed E-state index contributed by atoms with van der Waals surface area (Å²) >= 11 is 0. The quantitative estimate of drug-likeness (QED) is 0.0790. The van der Waals surface area contributed by atoms with Crippen LogP contribution in [0.4, 0.5) is 0 Å².